The average molecular weight is 638 g/mol. The van der Waals surface area contributed by atoms with Gasteiger partial charge in [-0.3, -0.25) is 9.32 Å². The fraction of sp³-hybridized carbons (Fsp3) is 0.633. The second-order valence-corrected chi connectivity index (χ2v) is 13.2. The minimum atomic E-state index is -4.19. The van der Waals surface area contributed by atoms with Crippen molar-refractivity contribution >= 4 is 13.7 Å². The molecule has 0 bridgehead atoms. The SMILES string of the molecule is CCC(CC)COC(=O)[C@H](C)N[P@](=O)(OC[C@@]1(C)O[C@@H](c2cnc(OC)nc2OC)[C@@H]2OC(C)(C)O[C@@H]21)Oc1ccccc1. The largest absolute Gasteiger partial charge is 0.481 e. The molecule has 2 aliphatic rings. The number of esters is 1. The molecule has 3 heterocycles. The molecule has 0 amide bonds. The topological polar surface area (TPSA) is 146 Å². The van der Waals surface area contributed by atoms with E-state index in [0.29, 0.717) is 5.56 Å². The number of nitrogens with one attached hydrogen (secondary N) is 1. The molecule has 2 fully saturated rings. The number of methoxy groups -OCH3 is 2. The molecule has 0 radical (unpaired) electrons. The number of para-hydroxylation sites is 1. The van der Waals surface area contributed by atoms with Crippen molar-refractivity contribution in [2.24, 2.45) is 5.92 Å². The molecule has 244 valence electrons. The van der Waals surface area contributed by atoms with Crippen LogP contribution in [0.2, 0.25) is 0 Å². The van der Waals surface area contributed by atoms with Crippen LogP contribution >= 0.6 is 7.75 Å². The molecule has 13 nitrogen and oxygen atoms in total. The molecule has 0 saturated carbocycles. The Bertz CT molecular complexity index is 1310. The predicted molar refractivity (Wildman–Crippen MR) is 159 cm³/mol. The van der Waals surface area contributed by atoms with Gasteiger partial charge in [0.15, 0.2) is 5.79 Å². The van der Waals surface area contributed by atoms with E-state index in [1.165, 1.54) is 14.2 Å². The molecule has 1 aromatic carbocycles. The second kappa shape index (κ2) is 14.1. The van der Waals surface area contributed by atoms with E-state index in [1.807, 2.05) is 13.8 Å². The summed E-state index contributed by atoms with van der Waals surface area (Å²) in [5, 5.41) is 2.75. The number of ether oxygens (including phenoxy) is 6. The lowest BCUT2D eigenvalue weighted by atomic mass is 9.96. The van der Waals surface area contributed by atoms with Gasteiger partial charge >= 0.3 is 19.7 Å². The number of carbonyl (C=O) groups is 1. The normalized spacial score (nSPS) is 26.1. The molecule has 0 spiro atoms. The monoisotopic (exact) mass is 637 g/mol. The third-order valence-electron chi connectivity index (χ3n) is 7.68. The van der Waals surface area contributed by atoms with Crippen molar-refractivity contribution in [1.82, 2.24) is 15.1 Å². The zero-order valence-electron chi connectivity index (χ0n) is 26.6. The molecular weight excluding hydrogens is 593 g/mol. The number of fused-ring (bicyclic) bond motifs is 1. The van der Waals surface area contributed by atoms with Gasteiger partial charge in [-0.15, -0.1) is 0 Å². The highest BCUT2D eigenvalue weighted by atomic mass is 31.2. The summed E-state index contributed by atoms with van der Waals surface area (Å²) in [5.74, 6) is -0.741. The summed E-state index contributed by atoms with van der Waals surface area (Å²) in [4.78, 5) is 21.4. The number of hydrogen-bond donors (Lipinski definition) is 1. The number of aromatic nitrogens is 2. The molecule has 2 aliphatic heterocycles. The van der Waals surface area contributed by atoms with Gasteiger partial charge in [-0.05, 0) is 45.7 Å². The van der Waals surface area contributed by atoms with E-state index in [-0.39, 0.29) is 36.8 Å². The molecule has 14 heteroatoms. The molecule has 2 aromatic rings. The zero-order valence-corrected chi connectivity index (χ0v) is 27.5. The van der Waals surface area contributed by atoms with Crippen molar-refractivity contribution in [2.45, 2.75) is 90.1 Å². The maximum atomic E-state index is 14.2. The fourth-order valence-corrected chi connectivity index (χ4v) is 6.73. The number of benzene rings is 1. The van der Waals surface area contributed by atoms with Crippen molar-refractivity contribution in [3.63, 3.8) is 0 Å². The minimum Gasteiger partial charge on any atom is -0.481 e. The molecule has 0 unspecified atom stereocenters. The van der Waals surface area contributed by atoms with Crippen LogP contribution in [0, 0.1) is 5.92 Å². The van der Waals surface area contributed by atoms with Gasteiger partial charge in [0.05, 0.1) is 33.0 Å². The Balaban J connectivity index is 1.57. The third-order valence-corrected chi connectivity index (χ3v) is 9.30. The number of rotatable bonds is 15. The molecular formula is C30H44N3O10P. The van der Waals surface area contributed by atoms with Crippen LogP contribution in [0.4, 0.5) is 0 Å². The third kappa shape index (κ3) is 7.88. The van der Waals surface area contributed by atoms with E-state index >= 15 is 0 Å². The van der Waals surface area contributed by atoms with E-state index in [2.05, 4.69) is 15.1 Å². The summed E-state index contributed by atoms with van der Waals surface area (Å²) in [6.07, 6.45) is 1.32. The quantitative estimate of drug-likeness (QED) is 0.207. The van der Waals surface area contributed by atoms with Crippen LogP contribution in [-0.2, 0) is 32.8 Å². The second-order valence-electron chi connectivity index (χ2n) is 11.5. The Morgan fingerprint density at radius 1 is 1.07 bits per heavy atom. The van der Waals surface area contributed by atoms with Crippen molar-refractivity contribution in [3.8, 4) is 17.6 Å². The summed E-state index contributed by atoms with van der Waals surface area (Å²) >= 11 is 0. The van der Waals surface area contributed by atoms with E-state index in [9.17, 15) is 9.36 Å². The standard InChI is InChI=1S/C30H44N3O10P/c1-9-20(10-2)17-38-27(34)19(3)33-44(35,43-21-14-12-11-13-15-21)39-18-30(6)25-24(40-29(4,5)42-25)23(41-30)22-16-31-28(37-8)32-26(22)36-7/h11-16,19-20,23-25H,9-10,17-18H2,1-8H3,(H,33,35)/t19-,23-,24-,25-,30+,44-/m0/s1. The van der Waals surface area contributed by atoms with Crippen LogP contribution in [0.1, 0.15) is 66.1 Å². The first-order valence-corrected chi connectivity index (χ1v) is 16.3. The molecule has 44 heavy (non-hydrogen) atoms. The molecule has 6 atom stereocenters. The first-order chi connectivity index (χ1) is 20.9. The van der Waals surface area contributed by atoms with E-state index in [1.54, 1.807) is 64.2 Å². The van der Waals surface area contributed by atoms with Gasteiger partial charge in [0.25, 0.3) is 0 Å². The number of carbonyl (C=O) groups excluding carboxylic acids is 1. The van der Waals surface area contributed by atoms with Crippen LogP contribution < -0.4 is 19.1 Å². The summed E-state index contributed by atoms with van der Waals surface area (Å²) in [6, 6.07) is 7.68. The summed E-state index contributed by atoms with van der Waals surface area (Å²) in [6.45, 7) is 11.0. The lowest BCUT2D eigenvalue weighted by Gasteiger charge is -2.33. The highest BCUT2D eigenvalue weighted by Crippen LogP contribution is 2.53. The molecule has 1 N–H and O–H groups in total. The molecule has 1 aromatic heterocycles. The molecule has 2 saturated heterocycles. The van der Waals surface area contributed by atoms with Gasteiger partial charge in [0, 0.05) is 6.20 Å². The van der Waals surface area contributed by atoms with Gasteiger partial charge in [0.2, 0.25) is 5.88 Å². The maximum Gasteiger partial charge on any atom is 0.459 e. The Morgan fingerprint density at radius 3 is 2.41 bits per heavy atom. The highest BCUT2D eigenvalue weighted by molar-refractivity contribution is 7.52. The Labute approximate surface area is 258 Å². The van der Waals surface area contributed by atoms with Gasteiger partial charge in [0.1, 0.15) is 35.7 Å². The van der Waals surface area contributed by atoms with Crippen molar-refractivity contribution in [3.05, 3.63) is 42.1 Å². The predicted octanol–water partition coefficient (Wildman–Crippen LogP) is 5.01. The van der Waals surface area contributed by atoms with Gasteiger partial charge in [-0.1, -0.05) is 44.9 Å². The van der Waals surface area contributed by atoms with E-state index in [4.69, 9.17) is 37.5 Å². The van der Waals surface area contributed by atoms with Crippen molar-refractivity contribution < 1.29 is 46.8 Å². The lowest BCUT2D eigenvalue weighted by molar-refractivity contribution is -0.211. The van der Waals surface area contributed by atoms with Crippen molar-refractivity contribution in [2.75, 3.05) is 27.4 Å². The lowest BCUT2D eigenvalue weighted by Crippen LogP contribution is -2.45. The average Bonchev–Trinajstić information content (AvgIpc) is 3.47. The number of hydrogen-bond acceptors (Lipinski definition) is 12. The Hall–Kier alpha value is -2.80. The Morgan fingerprint density at radius 2 is 1.77 bits per heavy atom. The smallest absolute Gasteiger partial charge is 0.459 e. The first-order valence-electron chi connectivity index (χ1n) is 14.8. The molecule has 0 aliphatic carbocycles. The van der Waals surface area contributed by atoms with Gasteiger partial charge in [-0.2, -0.15) is 10.1 Å². The molecule has 4 rings (SSSR count). The van der Waals surface area contributed by atoms with Crippen molar-refractivity contribution in [1.29, 1.82) is 0 Å². The maximum absolute atomic E-state index is 14.2. The van der Waals surface area contributed by atoms with Gasteiger partial charge in [-0.25, -0.2) is 9.55 Å². The first kappa shape index (κ1) is 34.1. The van der Waals surface area contributed by atoms with E-state index < -0.39 is 49.5 Å². The van der Waals surface area contributed by atoms with Crippen LogP contribution in [0.5, 0.6) is 17.6 Å². The van der Waals surface area contributed by atoms with Crippen LogP contribution in [0.25, 0.3) is 0 Å². The highest BCUT2D eigenvalue weighted by Gasteiger charge is 2.62. The Kier molecular flexibility index (Phi) is 10.9. The zero-order chi connectivity index (χ0) is 32.1. The summed E-state index contributed by atoms with van der Waals surface area (Å²) in [7, 11) is -1.25. The summed E-state index contributed by atoms with van der Waals surface area (Å²) < 4.78 is 61.3. The number of nitrogens with zero attached hydrogens (tertiary/aromatic N) is 2. The van der Waals surface area contributed by atoms with Crippen LogP contribution in [0.3, 0.4) is 0 Å². The van der Waals surface area contributed by atoms with E-state index in [0.717, 1.165) is 12.8 Å². The van der Waals surface area contributed by atoms with Crippen LogP contribution in [-0.4, -0.2) is 73.0 Å². The summed E-state index contributed by atoms with van der Waals surface area (Å²) in [5.41, 5.74) is -0.672. The minimum absolute atomic E-state index is 0.132. The van der Waals surface area contributed by atoms with Gasteiger partial charge < -0.3 is 32.9 Å². The fourth-order valence-electron chi connectivity index (χ4n) is 5.14. The van der Waals surface area contributed by atoms with Crippen LogP contribution in [0.15, 0.2) is 36.5 Å².